The van der Waals surface area contributed by atoms with Crippen LogP contribution < -0.4 is 15.1 Å². The van der Waals surface area contributed by atoms with E-state index in [4.69, 9.17) is 4.74 Å². The Morgan fingerprint density at radius 3 is 2.34 bits per heavy atom. The minimum absolute atomic E-state index is 0.200. The summed E-state index contributed by atoms with van der Waals surface area (Å²) in [4.78, 5) is 67.0. The summed E-state index contributed by atoms with van der Waals surface area (Å²) in [5.41, 5.74) is 0.0868. The molecule has 1 N–H and O–H groups in total. The molecule has 4 aromatic rings. The highest BCUT2D eigenvalue weighted by atomic mass is 79.9. The van der Waals surface area contributed by atoms with Crippen molar-refractivity contribution < 1.29 is 37.1 Å². The van der Waals surface area contributed by atoms with Gasteiger partial charge in [0.25, 0.3) is 0 Å². The predicted molar refractivity (Wildman–Crippen MR) is 173 cm³/mol. The number of halogens is 4. The summed E-state index contributed by atoms with van der Waals surface area (Å²) < 4.78 is 47.5. The second-order valence-corrected chi connectivity index (χ2v) is 13.7. The number of anilines is 2. The molecule has 3 heterocycles. The molecule has 242 valence electrons. The Morgan fingerprint density at radius 2 is 1.68 bits per heavy atom. The number of benzene rings is 3. The zero-order valence-corrected chi connectivity index (χ0v) is 27.5. The molecule has 47 heavy (non-hydrogen) atoms. The lowest BCUT2D eigenvalue weighted by Crippen LogP contribution is -2.33. The molecule has 9 nitrogen and oxygen atoms in total. The standard InChI is InChI=1S/C32H23BrF3N3O6S2/c1-2-45-30(43)17-8-12-20(13-9-17)37-22(40)15-38-29-26(47-31(38)44)23(16-6-10-19(33)11-7-16)24-25(46-29)28(42)39(27(24)41)21-5-3-4-18(14-21)32(34,35)36/h3-14,23-25H,2,15H2,1H3,(H,37,40)/t23-,24?,25?/m1/s1. The van der Waals surface area contributed by atoms with Crippen molar-refractivity contribution in [2.24, 2.45) is 5.92 Å². The topological polar surface area (TPSA) is 115 Å². The molecule has 3 amide bonds. The summed E-state index contributed by atoms with van der Waals surface area (Å²) in [5, 5.41) is 1.94. The molecule has 0 saturated carbocycles. The van der Waals surface area contributed by atoms with Gasteiger partial charge in [0.1, 0.15) is 11.8 Å². The van der Waals surface area contributed by atoms with E-state index in [9.17, 15) is 37.1 Å². The van der Waals surface area contributed by atoms with Gasteiger partial charge in [0.05, 0.1) is 34.4 Å². The first-order chi connectivity index (χ1) is 22.4. The molecule has 0 bridgehead atoms. The summed E-state index contributed by atoms with van der Waals surface area (Å²) in [6, 6.07) is 17.0. The maximum Gasteiger partial charge on any atom is 0.416 e. The summed E-state index contributed by atoms with van der Waals surface area (Å²) in [6.45, 7) is 1.48. The van der Waals surface area contributed by atoms with E-state index >= 15 is 0 Å². The summed E-state index contributed by atoms with van der Waals surface area (Å²) in [5.74, 6) is -4.26. The second kappa shape index (κ2) is 12.8. The molecule has 0 radical (unpaired) electrons. The largest absolute Gasteiger partial charge is 0.462 e. The van der Waals surface area contributed by atoms with E-state index in [1.54, 1.807) is 31.2 Å². The Labute approximate surface area is 281 Å². The van der Waals surface area contributed by atoms with Crippen LogP contribution in [0.5, 0.6) is 0 Å². The third-order valence-electron chi connectivity index (χ3n) is 7.69. The molecule has 3 atom stereocenters. The van der Waals surface area contributed by atoms with Crippen molar-refractivity contribution in [1.82, 2.24) is 4.57 Å². The number of fused-ring (bicyclic) bond motifs is 2. The number of esters is 1. The molecule has 6 rings (SSSR count). The molecule has 1 aromatic heterocycles. The maximum absolute atomic E-state index is 14.0. The SMILES string of the molecule is CCOC(=O)c1ccc(NC(=O)Cn2c3c(sc2=O)[C@H](c2ccc(Br)cc2)C2C(=O)N(c4cccc(C(F)(F)F)c4)C(=O)C2S3)cc1. The van der Waals surface area contributed by atoms with E-state index < -0.39 is 63.9 Å². The molecule has 2 unspecified atom stereocenters. The lowest BCUT2D eigenvalue weighted by molar-refractivity contribution is -0.137. The number of amides is 3. The molecule has 0 spiro atoms. The number of aromatic nitrogens is 1. The molecular formula is C32H23BrF3N3O6S2. The number of ether oxygens (including phenoxy) is 1. The lowest BCUT2D eigenvalue weighted by Gasteiger charge is -2.30. The molecule has 1 fully saturated rings. The van der Waals surface area contributed by atoms with Crippen LogP contribution in [0.25, 0.3) is 0 Å². The van der Waals surface area contributed by atoms with E-state index in [1.165, 1.54) is 34.9 Å². The highest BCUT2D eigenvalue weighted by Crippen LogP contribution is 2.54. The van der Waals surface area contributed by atoms with Gasteiger partial charge < -0.3 is 10.1 Å². The Bertz CT molecular complexity index is 1960. The van der Waals surface area contributed by atoms with E-state index in [-0.39, 0.29) is 12.3 Å². The molecule has 15 heteroatoms. The van der Waals surface area contributed by atoms with E-state index in [0.29, 0.717) is 26.7 Å². The minimum atomic E-state index is -4.69. The zero-order chi connectivity index (χ0) is 33.6. The van der Waals surface area contributed by atoms with Crippen molar-refractivity contribution in [3.05, 3.63) is 109 Å². The predicted octanol–water partition coefficient (Wildman–Crippen LogP) is 6.30. The van der Waals surface area contributed by atoms with Crippen molar-refractivity contribution >= 4 is 74.1 Å². The fourth-order valence-corrected chi connectivity index (χ4v) is 8.65. The first-order valence-electron chi connectivity index (χ1n) is 14.1. The molecule has 0 aliphatic carbocycles. The second-order valence-electron chi connectivity index (χ2n) is 10.6. The van der Waals surface area contributed by atoms with Gasteiger partial charge in [-0.25, -0.2) is 9.69 Å². The Hall–Kier alpha value is -4.21. The monoisotopic (exact) mass is 745 g/mol. The fourth-order valence-electron chi connectivity index (χ4n) is 5.61. The van der Waals surface area contributed by atoms with Crippen molar-refractivity contribution in [2.75, 3.05) is 16.8 Å². The number of hydrogen-bond acceptors (Lipinski definition) is 8. The van der Waals surface area contributed by atoms with Gasteiger partial charge in [0.15, 0.2) is 0 Å². The number of alkyl halides is 3. The normalized spacial score (nSPS) is 18.9. The average Bonchev–Trinajstić information content (AvgIpc) is 3.47. The van der Waals surface area contributed by atoms with Crippen LogP contribution >= 0.6 is 39.0 Å². The van der Waals surface area contributed by atoms with Crippen LogP contribution in [0.15, 0.2) is 87.1 Å². The summed E-state index contributed by atoms with van der Waals surface area (Å²) in [6.07, 6.45) is -4.69. The van der Waals surface area contributed by atoms with Crippen LogP contribution in [0, 0.1) is 5.92 Å². The van der Waals surface area contributed by atoms with Gasteiger partial charge in [-0.3, -0.25) is 23.7 Å². The highest BCUT2D eigenvalue weighted by molar-refractivity contribution is 9.10. The van der Waals surface area contributed by atoms with Gasteiger partial charge >= 0.3 is 17.0 Å². The first-order valence-corrected chi connectivity index (χ1v) is 16.6. The number of carbonyl (C=O) groups is 4. The van der Waals surface area contributed by atoms with E-state index in [2.05, 4.69) is 21.2 Å². The van der Waals surface area contributed by atoms with Crippen LogP contribution in [0.4, 0.5) is 24.5 Å². The Kier molecular flexibility index (Phi) is 8.89. The lowest BCUT2D eigenvalue weighted by atomic mass is 9.83. The Morgan fingerprint density at radius 1 is 0.979 bits per heavy atom. The number of nitrogens with zero attached hydrogens (tertiary/aromatic N) is 2. The van der Waals surface area contributed by atoms with E-state index in [1.807, 2.05) is 0 Å². The van der Waals surface area contributed by atoms with Crippen molar-refractivity contribution in [3.63, 3.8) is 0 Å². The smallest absolute Gasteiger partial charge is 0.416 e. The van der Waals surface area contributed by atoms with Gasteiger partial charge in [-0.15, -0.1) is 0 Å². The highest BCUT2D eigenvalue weighted by Gasteiger charge is 2.57. The van der Waals surface area contributed by atoms with Crippen LogP contribution in [0.1, 0.15) is 39.2 Å². The number of rotatable bonds is 7. The van der Waals surface area contributed by atoms with E-state index in [0.717, 1.165) is 50.7 Å². The average molecular weight is 747 g/mol. The quantitative estimate of drug-likeness (QED) is 0.174. The van der Waals surface area contributed by atoms with Gasteiger partial charge in [0, 0.05) is 21.0 Å². The van der Waals surface area contributed by atoms with Crippen LogP contribution in [-0.4, -0.2) is 40.1 Å². The molecule has 1 saturated heterocycles. The zero-order valence-electron chi connectivity index (χ0n) is 24.2. The third kappa shape index (κ3) is 6.26. The van der Waals surface area contributed by atoms with Crippen LogP contribution in [0.3, 0.4) is 0 Å². The number of carbonyl (C=O) groups excluding carboxylic acids is 4. The maximum atomic E-state index is 14.0. The van der Waals surface area contributed by atoms with Crippen molar-refractivity contribution in [1.29, 1.82) is 0 Å². The number of thioether (sulfide) groups is 1. The minimum Gasteiger partial charge on any atom is -0.462 e. The van der Waals surface area contributed by atoms with Crippen LogP contribution in [-0.2, 0) is 31.8 Å². The van der Waals surface area contributed by atoms with Crippen LogP contribution in [0.2, 0.25) is 0 Å². The Balaban J connectivity index is 1.34. The van der Waals surface area contributed by atoms with Gasteiger partial charge in [0.2, 0.25) is 17.7 Å². The molecule has 2 aliphatic rings. The van der Waals surface area contributed by atoms with Crippen molar-refractivity contribution in [2.45, 2.75) is 35.8 Å². The van der Waals surface area contributed by atoms with Crippen molar-refractivity contribution in [3.8, 4) is 0 Å². The number of hydrogen-bond donors (Lipinski definition) is 1. The molecular weight excluding hydrogens is 723 g/mol. The number of nitrogens with one attached hydrogen (secondary N) is 1. The number of imide groups is 1. The third-order valence-corrected chi connectivity index (χ3v) is 10.8. The molecule has 2 aliphatic heterocycles. The van der Waals surface area contributed by atoms with Gasteiger partial charge in [-0.1, -0.05) is 57.2 Å². The van der Waals surface area contributed by atoms with Gasteiger partial charge in [-0.2, -0.15) is 13.2 Å². The summed E-state index contributed by atoms with van der Waals surface area (Å²) >= 11 is 5.19. The van der Waals surface area contributed by atoms with Gasteiger partial charge in [-0.05, 0) is 67.1 Å². The first kappa shape index (κ1) is 32.7. The number of thiazole rings is 1. The fraction of sp³-hybridized carbons (Fsp3) is 0.219. The molecule has 3 aromatic carbocycles. The summed E-state index contributed by atoms with van der Waals surface area (Å²) in [7, 11) is 0.